The van der Waals surface area contributed by atoms with Crippen molar-refractivity contribution in [1.29, 1.82) is 0 Å². The summed E-state index contributed by atoms with van der Waals surface area (Å²) in [5.41, 5.74) is 0.940. The number of carbonyl (C=O) groups is 1. The van der Waals surface area contributed by atoms with Gasteiger partial charge in [-0.2, -0.15) is 0 Å². The van der Waals surface area contributed by atoms with Crippen molar-refractivity contribution < 1.29 is 9.53 Å². The van der Waals surface area contributed by atoms with Gasteiger partial charge in [0.15, 0.2) is 0 Å². The number of carbonyl (C=O) groups excluding carboxylic acids is 1. The van der Waals surface area contributed by atoms with Crippen LogP contribution >= 0.6 is 0 Å². The van der Waals surface area contributed by atoms with Crippen LogP contribution in [0.3, 0.4) is 0 Å². The highest BCUT2D eigenvalue weighted by molar-refractivity contribution is 5.69. The Morgan fingerprint density at radius 1 is 1.77 bits per heavy atom. The van der Waals surface area contributed by atoms with Crippen molar-refractivity contribution in [3.8, 4) is 0 Å². The lowest BCUT2D eigenvalue weighted by molar-refractivity contribution is -0.142. The Bertz CT molecular complexity index is 267. The molecule has 0 aliphatic carbocycles. The number of aryl methyl sites for hydroxylation is 1. The molecular weight excluding hydrogens is 168 g/mol. The Morgan fingerprint density at radius 3 is 3.23 bits per heavy atom. The largest absolute Gasteiger partial charge is 0.461 e. The number of hydrogen-bond acceptors (Lipinski definition) is 3. The molecule has 0 atom stereocenters. The standard InChI is InChI=1S/C9H12N2O2/c1-2-5-13-9(12)4-3-8-6-10-7-11-8/h2,6-7H,1,3-5H2,(H,10,11). The van der Waals surface area contributed by atoms with Crippen molar-refractivity contribution in [2.75, 3.05) is 6.61 Å². The SMILES string of the molecule is C=CCOC(=O)CCc1cnc[nH]1. The molecule has 1 aromatic heterocycles. The second kappa shape index (κ2) is 5.13. The number of rotatable bonds is 5. The zero-order valence-corrected chi connectivity index (χ0v) is 7.32. The number of ether oxygens (including phenoxy) is 1. The van der Waals surface area contributed by atoms with Crippen molar-refractivity contribution >= 4 is 5.97 Å². The van der Waals surface area contributed by atoms with Gasteiger partial charge in [-0.15, -0.1) is 0 Å². The first-order chi connectivity index (χ1) is 6.33. The Morgan fingerprint density at radius 2 is 2.62 bits per heavy atom. The van der Waals surface area contributed by atoms with Crippen LogP contribution in [0.2, 0.25) is 0 Å². The summed E-state index contributed by atoms with van der Waals surface area (Å²) in [6, 6.07) is 0. The number of aromatic nitrogens is 2. The van der Waals surface area contributed by atoms with Crippen LogP contribution in [-0.2, 0) is 16.0 Å². The Hall–Kier alpha value is -1.58. The van der Waals surface area contributed by atoms with Gasteiger partial charge >= 0.3 is 5.97 Å². The number of esters is 1. The van der Waals surface area contributed by atoms with E-state index in [1.54, 1.807) is 18.6 Å². The molecule has 0 fully saturated rings. The zero-order chi connectivity index (χ0) is 9.52. The molecule has 0 amide bonds. The summed E-state index contributed by atoms with van der Waals surface area (Å²) in [6.07, 6.45) is 5.84. The van der Waals surface area contributed by atoms with Gasteiger partial charge in [-0.05, 0) is 6.42 Å². The zero-order valence-electron chi connectivity index (χ0n) is 7.32. The number of nitrogens with zero attached hydrogens (tertiary/aromatic N) is 1. The van der Waals surface area contributed by atoms with Gasteiger partial charge in [0, 0.05) is 11.9 Å². The molecule has 0 bridgehead atoms. The van der Waals surface area contributed by atoms with Crippen molar-refractivity contribution in [3.05, 3.63) is 30.9 Å². The topological polar surface area (TPSA) is 55.0 Å². The molecule has 70 valence electrons. The monoisotopic (exact) mass is 180 g/mol. The predicted molar refractivity (Wildman–Crippen MR) is 48.1 cm³/mol. The third-order valence-electron chi connectivity index (χ3n) is 1.52. The molecule has 1 N–H and O–H groups in total. The molecule has 0 aliphatic rings. The van der Waals surface area contributed by atoms with Crippen LogP contribution in [0, 0.1) is 0 Å². The van der Waals surface area contributed by atoms with Crippen molar-refractivity contribution in [2.24, 2.45) is 0 Å². The van der Waals surface area contributed by atoms with Gasteiger partial charge in [0.05, 0.1) is 12.7 Å². The summed E-state index contributed by atoms with van der Waals surface area (Å²) in [5.74, 6) is -0.213. The van der Waals surface area contributed by atoms with E-state index in [1.165, 1.54) is 0 Å². The van der Waals surface area contributed by atoms with E-state index in [2.05, 4.69) is 16.5 Å². The molecule has 4 nitrogen and oxygen atoms in total. The van der Waals surface area contributed by atoms with Gasteiger partial charge in [0.2, 0.25) is 0 Å². The smallest absolute Gasteiger partial charge is 0.306 e. The highest BCUT2D eigenvalue weighted by atomic mass is 16.5. The molecule has 0 unspecified atom stereocenters. The Balaban J connectivity index is 2.19. The number of aromatic amines is 1. The number of nitrogens with one attached hydrogen (secondary N) is 1. The van der Waals surface area contributed by atoms with E-state index in [9.17, 15) is 4.79 Å². The Labute approximate surface area is 76.6 Å². The third-order valence-corrected chi connectivity index (χ3v) is 1.52. The van der Waals surface area contributed by atoms with Crippen LogP contribution in [0.25, 0.3) is 0 Å². The first-order valence-electron chi connectivity index (χ1n) is 4.06. The normalized spacial score (nSPS) is 9.54. The molecule has 0 saturated carbocycles. The maximum absolute atomic E-state index is 11.0. The quantitative estimate of drug-likeness (QED) is 0.544. The summed E-state index contributed by atoms with van der Waals surface area (Å²) in [4.78, 5) is 17.7. The highest BCUT2D eigenvalue weighted by Gasteiger charge is 2.02. The number of hydrogen-bond donors (Lipinski definition) is 1. The lowest BCUT2D eigenvalue weighted by Gasteiger charge is -1.99. The van der Waals surface area contributed by atoms with Crippen LogP contribution in [0.4, 0.5) is 0 Å². The molecule has 0 spiro atoms. The van der Waals surface area contributed by atoms with Crippen LogP contribution in [-0.4, -0.2) is 22.5 Å². The minimum atomic E-state index is -0.213. The van der Waals surface area contributed by atoms with Crippen molar-refractivity contribution in [2.45, 2.75) is 12.8 Å². The first-order valence-corrected chi connectivity index (χ1v) is 4.06. The molecule has 0 saturated heterocycles. The number of imidazole rings is 1. The van der Waals surface area contributed by atoms with Crippen molar-refractivity contribution in [3.63, 3.8) is 0 Å². The van der Waals surface area contributed by atoms with Gasteiger partial charge in [-0.3, -0.25) is 4.79 Å². The van der Waals surface area contributed by atoms with E-state index >= 15 is 0 Å². The third kappa shape index (κ3) is 3.55. The summed E-state index contributed by atoms with van der Waals surface area (Å²) in [6.45, 7) is 3.73. The van der Waals surface area contributed by atoms with Crippen LogP contribution in [0.15, 0.2) is 25.2 Å². The van der Waals surface area contributed by atoms with E-state index in [0.717, 1.165) is 5.69 Å². The summed E-state index contributed by atoms with van der Waals surface area (Å²) >= 11 is 0. The van der Waals surface area contributed by atoms with Crippen LogP contribution in [0.5, 0.6) is 0 Å². The average molecular weight is 180 g/mol. The maximum Gasteiger partial charge on any atom is 0.306 e. The molecule has 0 aromatic carbocycles. The second-order valence-electron chi connectivity index (χ2n) is 2.55. The van der Waals surface area contributed by atoms with Gasteiger partial charge in [-0.1, -0.05) is 12.7 Å². The summed E-state index contributed by atoms with van der Waals surface area (Å²) in [5, 5.41) is 0. The number of H-pyrrole nitrogens is 1. The van der Waals surface area contributed by atoms with Gasteiger partial charge < -0.3 is 9.72 Å². The van der Waals surface area contributed by atoms with Gasteiger partial charge in [0.25, 0.3) is 0 Å². The summed E-state index contributed by atoms with van der Waals surface area (Å²) in [7, 11) is 0. The molecule has 1 rings (SSSR count). The molecule has 0 aliphatic heterocycles. The fourth-order valence-corrected chi connectivity index (χ4v) is 0.882. The van der Waals surface area contributed by atoms with E-state index in [0.29, 0.717) is 12.8 Å². The van der Waals surface area contributed by atoms with Crippen molar-refractivity contribution in [1.82, 2.24) is 9.97 Å². The minimum absolute atomic E-state index is 0.213. The molecule has 4 heteroatoms. The van der Waals surface area contributed by atoms with E-state index in [4.69, 9.17) is 4.74 Å². The van der Waals surface area contributed by atoms with E-state index in [-0.39, 0.29) is 12.6 Å². The first kappa shape index (κ1) is 9.51. The maximum atomic E-state index is 11.0. The van der Waals surface area contributed by atoms with Gasteiger partial charge in [0.1, 0.15) is 6.61 Å². The highest BCUT2D eigenvalue weighted by Crippen LogP contribution is 1.98. The minimum Gasteiger partial charge on any atom is -0.461 e. The van der Waals surface area contributed by atoms with Gasteiger partial charge in [-0.25, -0.2) is 4.98 Å². The Kier molecular flexibility index (Phi) is 3.75. The molecule has 13 heavy (non-hydrogen) atoms. The molecule has 1 heterocycles. The van der Waals surface area contributed by atoms with Crippen LogP contribution < -0.4 is 0 Å². The fourth-order valence-electron chi connectivity index (χ4n) is 0.882. The molecule has 0 radical (unpaired) electrons. The average Bonchev–Trinajstić information content (AvgIpc) is 2.64. The molecular formula is C9H12N2O2. The fraction of sp³-hybridized carbons (Fsp3) is 0.333. The lowest BCUT2D eigenvalue weighted by atomic mass is 10.2. The lowest BCUT2D eigenvalue weighted by Crippen LogP contribution is -2.05. The van der Waals surface area contributed by atoms with Crippen LogP contribution in [0.1, 0.15) is 12.1 Å². The molecule has 1 aromatic rings. The second-order valence-corrected chi connectivity index (χ2v) is 2.55. The van der Waals surface area contributed by atoms with E-state index in [1.807, 2.05) is 0 Å². The summed E-state index contributed by atoms with van der Waals surface area (Å²) < 4.78 is 4.80. The van der Waals surface area contributed by atoms with E-state index < -0.39 is 0 Å². The predicted octanol–water partition coefficient (Wildman–Crippen LogP) is 1.07.